The molecule has 0 saturated carbocycles. The van der Waals surface area contributed by atoms with E-state index >= 15 is 0 Å². The van der Waals surface area contributed by atoms with Gasteiger partial charge in [0.15, 0.2) is 0 Å². The Bertz CT molecular complexity index is 794. The molecule has 1 amide bonds. The number of hydrogen-bond acceptors (Lipinski definition) is 2. The van der Waals surface area contributed by atoms with Crippen molar-refractivity contribution in [1.29, 1.82) is 0 Å². The number of rotatable bonds is 5. The lowest BCUT2D eigenvalue weighted by atomic mass is 9.94. The third-order valence-corrected chi connectivity index (χ3v) is 4.71. The number of aliphatic hydroxyl groups excluding tert-OH is 1. The van der Waals surface area contributed by atoms with E-state index in [1.807, 2.05) is 73.3 Å². The zero-order valence-electron chi connectivity index (χ0n) is 14.5. The van der Waals surface area contributed by atoms with E-state index in [0.29, 0.717) is 18.1 Å². The molecule has 1 aliphatic heterocycles. The Morgan fingerprint density at radius 3 is 2.28 bits per heavy atom. The number of carbonyl (C=O) groups excluding carboxylic acids is 1. The summed E-state index contributed by atoms with van der Waals surface area (Å²) in [7, 11) is 0. The monoisotopic (exact) mass is 355 g/mol. The van der Waals surface area contributed by atoms with Crippen LogP contribution in [0.25, 0.3) is 11.1 Å². The average Bonchev–Trinajstić information content (AvgIpc) is 2.92. The summed E-state index contributed by atoms with van der Waals surface area (Å²) in [4.78, 5) is 14.9. The number of halogens is 1. The van der Waals surface area contributed by atoms with Gasteiger partial charge in [0.2, 0.25) is 0 Å². The van der Waals surface area contributed by atoms with E-state index in [9.17, 15) is 9.90 Å². The summed E-state index contributed by atoms with van der Waals surface area (Å²) in [6.07, 6.45) is 0. The Morgan fingerprint density at radius 2 is 1.68 bits per heavy atom. The average molecular weight is 356 g/mol. The third kappa shape index (κ3) is 3.78. The summed E-state index contributed by atoms with van der Waals surface area (Å²) >= 11 is 6.01. The van der Waals surface area contributed by atoms with Gasteiger partial charge in [0, 0.05) is 30.1 Å². The highest BCUT2D eigenvalue weighted by Gasteiger charge is 2.34. The number of aliphatic hydroxyl groups is 1. The quantitative estimate of drug-likeness (QED) is 0.876. The van der Waals surface area contributed by atoms with Crippen molar-refractivity contribution in [2.24, 2.45) is 5.41 Å². The van der Waals surface area contributed by atoms with Crippen molar-refractivity contribution in [2.75, 3.05) is 19.7 Å². The van der Waals surface area contributed by atoms with Crippen molar-refractivity contribution in [1.82, 2.24) is 4.90 Å². The molecule has 2 aromatic rings. The van der Waals surface area contributed by atoms with Crippen molar-refractivity contribution in [3.8, 4) is 0 Å². The smallest absolute Gasteiger partial charge is 0.255 e. The van der Waals surface area contributed by atoms with Gasteiger partial charge in [-0.3, -0.25) is 4.79 Å². The lowest BCUT2D eigenvalue weighted by molar-refractivity contribution is -0.125. The van der Waals surface area contributed by atoms with E-state index in [0.717, 1.165) is 22.3 Å². The largest absolute Gasteiger partial charge is 0.396 e. The maximum Gasteiger partial charge on any atom is 0.255 e. The fraction of sp³-hybridized carbons (Fsp3) is 0.286. The van der Waals surface area contributed by atoms with Crippen molar-refractivity contribution in [3.63, 3.8) is 0 Å². The maximum atomic E-state index is 13.1. The topological polar surface area (TPSA) is 40.5 Å². The van der Waals surface area contributed by atoms with Gasteiger partial charge >= 0.3 is 0 Å². The molecule has 0 aromatic heterocycles. The molecule has 0 unspecified atom stereocenters. The Balaban J connectivity index is 2.03. The fourth-order valence-corrected chi connectivity index (χ4v) is 3.24. The van der Waals surface area contributed by atoms with E-state index in [1.165, 1.54) is 0 Å². The standard InChI is InChI=1S/C21H22ClNO2/c1-21(2,14-24)13-23-12-18(15-8-10-17(22)11-9-15)19(20(23)25)16-6-4-3-5-7-16/h3-11,24H,12-14H2,1-2H3. The molecule has 130 valence electrons. The highest BCUT2D eigenvalue weighted by atomic mass is 35.5. The lowest BCUT2D eigenvalue weighted by Crippen LogP contribution is -2.38. The lowest BCUT2D eigenvalue weighted by Gasteiger charge is -2.28. The fourth-order valence-electron chi connectivity index (χ4n) is 3.11. The van der Waals surface area contributed by atoms with Crippen LogP contribution in [0, 0.1) is 5.41 Å². The first-order valence-electron chi connectivity index (χ1n) is 8.36. The Hall–Kier alpha value is -2.10. The molecular formula is C21H22ClNO2. The van der Waals surface area contributed by atoms with Gasteiger partial charge < -0.3 is 10.0 Å². The molecule has 1 heterocycles. The number of benzene rings is 2. The minimum absolute atomic E-state index is 0.0117. The molecule has 0 radical (unpaired) electrons. The molecule has 1 aliphatic rings. The SMILES string of the molecule is CC(C)(CO)CN1CC(c2ccc(Cl)cc2)=C(c2ccccc2)C1=O. The van der Waals surface area contributed by atoms with Gasteiger partial charge in [-0.05, 0) is 28.8 Å². The van der Waals surface area contributed by atoms with Crippen LogP contribution in [-0.2, 0) is 4.79 Å². The van der Waals surface area contributed by atoms with E-state index in [1.54, 1.807) is 0 Å². The summed E-state index contributed by atoms with van der Waals surface area (Å²) in [5.74, 6) is 0.0117. The van der Waals surface area contributed by atoms with Crippen LogP contribution in [0.2, 0.25) is 5.02 Å². The zero-order valence-corrected chi connectivity index (χ0v) is 15.3. The van der Waals surface area contributed by atoms with E-state index in [2.05, 4.69) is 0 Å². The molecule has 0 fully saturated rings. The molecule has 3 nitrogen and oxygen atoms in total. The summed E-state index contributed by atoms with van der Waals surface area (Å²) in [5, 5.41) is 10.2. The Labute approximate surface area is 153 Å². The molecule has 4 heteroatoms. The first-order valence-corrected chi connectivity index (χ1v) is 8.74. The van der Waals surface area contributed by atoms with Crippen molar-refractivity contribution >= 4 is 28.7 Å². The highest BCUT2D eigenvalue weighted by Crippen LogP contribution is 2.36. The van der Waals surface area contributed by atoms with Gasteiger partial charge in [0.05, 0.1) is 5.57 Å². The summed E-state index contributed by atoms with van der Waals surface area (Å²) in [6, 6.07) is 17.3. The molecule has 3 rings (SSSR count). The molecule has 0 spiro atoms. The number of hydrogen-bond donors (Lipinski definition) is 1. The minimum Gasteiger partial charge on any atom is -0.396 e. The van der Waals surface area contributed by atoms with Crippen LogP contribution in [0.5, 0.6) is 0 Å². The van der Waals surface area contributed by atoms with Crippen LogP contribution in [0.4, 0.5) is 0 Å². The molecule has 1 N–H and O–H groups in total. The number of nitrogens with zero attached hydrogens (tertiary/aromatic N) is 1. The second-order valence-corrected chi connectivity index (χ2v) is 7.65. The summed E-state index contributed by atoms with van der Waals surface area (Å²) < 4.78 is 0. The summed E-state index contributed by atoms with van der Waals surface area (Å²) in [6.45, 7) is 5.00. The van der Waals surface area contributed by atoms with Crippen molar-refractivity contribution in [3.05, 3.63) is 70.7 Å². The molecule has 0 saturated heterocycles. The Morgan fingerprint density at radius 1 is 1.04 bits per heavy atom. The summed E-state index contributed by atoms with van der Waals surface area (Å²) in [5.41, 5.74) is 3.31. The van der Waals surface area contributed by atoms with E-state index < -0.39 is 0 Å². The molecule has 2 aromatic carbocycles. The van der Waals surface area contributed by atoms with E-state index in [-0.39, 0.29) is 17.9 Å². The predicted molar refractivity (Wildman–Crippen MR) is 102 cm³/mol. The maximum absolute atomic E-state index is 13.1. The van der Waals surface area contributed by atoms with Crippen LogP contribution < -0.4 is 0 Å². The van der Waals surface area contributed by atoms with E-state index in [4.69, 9.17) is 11.6 Å². The molecule has 25 heavy (non-hydrogen) atoms. The van der Waals surface area contributed by atoms with Gasteiger partial charge in [-0.15, -0.1) is 0 Å². The predicted octanol–water partition coefficient (Wildman–Crippen LogP) is 4.11. The third-order valence-electron chi connectivity index (χ3n) is 4.45. The highest BCUT2D eigenvalue weighted by molar-refractivity contribution is 6.31. The first-order chi connectivity index (χ1) is 11.9. The van der Waals surface area contributed by atoms with Crippen LogP contribution in [0.1, 0.15) is 25.0 Å². The molecule has 0 atom stereocenters. The molecular weight excluding hydrogens is 334 g/mol. The second kappa shape index (κ2) is 7.03. The second-order valence-electron chi connectivity index (χ2n) is 7.21. The van der Waals surface area contributed by atoms with Gasteiger partial charge in [-0.1, -0.05) is 67.9 Å². The van der Waals surface area contributed by atoms with Gasteiger partial charge in [-0.25, -0.2) is 0 Å². The zero-order chi connectivity index (χ0) is 18.0. The van der Waals surface area contributed by atoms with Crippen LogP contribution in [-0.4, -0.2) is 35.6 Å². The van der Waals surface area contributed by atoms with Crippen molar-refractivity contribution in [2.45, 2.75) is 13.8 Å². The van der Waals surface area contributed by atoms with Gasteiger partial charge in [0.1, 0.15) is 0 Å². The number of carbonyl (C=O) groups is 1. The van der Waals surface area contributed by atoms with Crippen LogP contribution in [0.15, 0.2) is 54.6 Å². The first kappa shape index (κ1) is 17.7. The molecule has 0 aliphatic carbocycles. The van der Waals surface area contributed by atoms with Gasteiger partial charge in [-0.2, -0.15) is 0 Å². The normalized spacial score (nSPS) is 15.2. The van der Waals surface area contributed by atoms with Crippen molar-refractivity contribution < 1.29 is 9.90 Å². The molecule has 0 bridgehead atoms. The van der Waals surface area contributed by atoms with Crippen LogP contribution in [0.3, 0.4) is 0 Å². The minimum atomic E-state index is -0.340. The number of amides is 1. The van der Waals surface area contributed by atoms with Crippen LogP contribution >= 0.6 is 11.6 Å². The van der Waals surface area contributed by atoms with Gasteiger partial charge in [0.25, 0.3) is 5.91 Å². The Kier molecular flexibility index (Phi) is 4.98.